The van der Waals surface area contributed by atoms with Gasteiger partial charge in [0.1, 0.15) is 24.2 Å². The molecule has 1 fully saturated rings. The van der Waals surface area contributed by atoms with Crippen LogP contribution in [0.1, 0.15) is 22.6 Å². The van der Waals surface area contributed by atoms with E-state index in [-0.39, 0.29) is 51.1 Å². The van der Waals surface area contributed by atoms with Gasteiger partial charge in [-0.25, -0.2) is 4.39 Å². The highest BCUT2D eigenvalue weighted by atomic mass is 35.5. The Balaban J connectivity index is 1.30. The molecule has 0 amide bonds. The average molecular weight is 569 g/mol. The lowest BCUT2D eigenvalue weighted by molar-refractivity contribution is 0.000187. The molecule has 1 aliphatic rings. The van der Waals surface area contributed by atoms with Gasteiger partial charge in [0.15, 0.2) is 11.6 Å². The lowest BCUT2D eigenvalue weighted by Crippen LogP contribution is -2.41. The van der Waals surface area contributed by atoms with Crippen LogP contribution < -0.4 is 14.8 Å². The zero-order chi connectivity index (χ0) is 27.4. The molecule has 1 aliphatic heterocycles. The second-order valence-corrected chi connectivity index (χ2v) is 9.75. The van der Waals surface area contributed by atoms with Crippen LogP contribution in [0, 0.1) is 24.1 Å². The van der Waals surface area contributed by atoms with Crippen LogP contribution in [-0.2, 0) is 11.2 Å². The minimum absolute atomic E-state index is 0.0110. The summed E-state index contributed by atoms with van der Waals surface area (Å²) in [5.41, 5.74) is 2.14. The second-order valence-electron chi connectivity index (χ2n) is 8.90. The van der Waals surface area contributed by atoms with Gasteiger partial charge in [-0.1, -0.05) is 29.3 Å². The normalized spacial score (nSPS) is 15.1. The highest BCUT2D eigenvalue weighted by Gasteiger charge is 2.19. The Hall–Kier alpha value is -3.68. The molecular formula is C28H23Cl2FN4O4. The first-order valence-corrected chi connectivity index (χ1v) is 12.9. The van der Waals surface area contributed by atoms with E-state index in [9.17, 15) is 0 Å². The largest absolute Gasteiger partial charge is 0.491 e. The Labute approximate surface area is 234 Å². The first kappa shape index (κ1) is 26.9. The van der Waals surface area contributed by atoms with Gasteiger partial charge < -0.3 is 23.9 Å². The van der Waals surface area contributed by atoms with Gasteiger partial charge in [-0.05, 0) is 55.0 Å². The number of aromatic nitrogens is 2. The number of rotatable bonds is 8. The third-order valence-corrected chi connectivity index (χ3v) is 6.54. The molecule has 1 N–H and O–H groups in total. The van der Waals surface area contributed by atoms with Crippen LogP contribution in [0.5, 0.6) is 17.2 Å². The van der Waals surface area contributed by atoms with Crippen LogP contribution in [-0.4, -0.2) is 42.6 Å². The van der Waals surface area contributed by atoms with Crippen LogP contribution >= 0.6 is 23.2 Å². The number of benzene rings is 3. The summed E-state index contributed by atoms with van der Waals surface area (Å²) in [4.78, 5) is 0. The van der Waals surface area contributed by atoms with E-state index in [1.807, 2.05) is 31.2 Å². The number of hydrogen-bond acceptors (Lipinski definition) is 8. The lowest BCUT2D eigenvalue weighted by Gasteiger charge is -2.23. The highest BCUT2D eigenvalue weighted by Crippen LogP contribution is 2.36. The zero-order valence-electron chi connectivity index (χ0n) is 20.8. The van der Waals surface area contributed by atoms with E-state index in [1.165, 1.54) is 30.3 Å². The monoisotopic (exact) mass is 568 g/mol. The maximum absolute atomic E-state index is 15.4. The van der Waals surface area contributed by atoms with Crippen LogP contribution in [0.4, 0.5) is 4.39 Å². The van der Waals surface area contributed by atoms with Crippen molar-refractivity contribution >= 4 is 23.2 Å². The van der Waals surface area contributed by atoms with Crippen molar-refractivity contribution in [3.8, 4) is 34.8 Å². The number of hydrogen-bond donors (Lipinski definition) is 1. The fourth-order valence-corrected chi connectivity index (χ4v) is 4.50. The maximum atomic E-state index is 15.4. The third-order valence-electron chi connectivity index (χ3n) is 6.03. The summed E-state index contributed by atoms with van der Waals surface area (Å²) in [5, 5.41) is 21.0. The van der Waals surface area contributed by atoms with Crippen molar-refractivity contribution in [3.05, 3.63) is 87.0 Å². The predicted octanol–water partition coefficient (Wildman–Crippen LogP) is 6.11. The fraction of sp³-hybridized carbons (Fsp3) is 0.250. The summed E-state index contributed by atoms with van der Waals surface area (Å²) in [6, 6.07) is 15.0. The van der Waals surface area contributed by atoms with Gasteiger partial charge in [0, 0.05) is 29.2 Å². The summed E-state index contributed by atoms with van der Waals surface area (Å²) < 4.78 is 38.5. The summed E-state index contributed by atoms with van der Waals surface area (Å²) in [6.07, 6.45) is 0.0259. The Bertz CT molecular complexity index is 1530. The Morgan fingerprint density at radius 2 is 2.00 bits per heavy atom. The number of nitriles is 1. The fourth-order valence-electron chi connectivity index (χ4n) is 4.09. The molecule has 1 saturated heterocycles. The first-order chi connectivity index (χ1) is 18.9. The molecule has 1 aromatic heterocycles. The van der Waals surface area contributed by atoms with Crippen molar-refractivity contribution in [2.45, 2.75) is 19.4 Å². The van der Waals surface area contributed by atoms with Crippen molar-refractivity contribution < 1.29 is 23.0 Å². The van der Waals surface area contributed by atoms with Gasteiger partial charge in [0.05, 0.1) is 29.7 Å². The molecule has 11 heteroatoms. The van der Waals surface area contributed by atoms with Crippen molar-refractivity contribution in [1.82, 2.24) is 15.5 Å². The predicted molar refractivity (Wildman–Crippen MR) is 143 cm³/mol. The molecule has 4 aromatic rings. The molecule has 2 heterocycles. The minimum atomic E-state index is -0.685. The van der Waals surface area contributed by atoms with E-state index in [0.29, 0.717) is 24.9 Å². The summed E-state index contributed by atoms with van der Waals surface area (Å²) in [6.45, 7) is 4.65. The molecule has 0 aliphatic carbocycles. The van der Waals surface area contributed by atoms with Crippen molar-refractivity contribution in [1.29, 1.82) is 5.26 Å². The average Bonchev–Trinajstić information content (AvgIpc) is 3.40. The number of morpholine rings is 1. The topological polar surface area (TPSA) is 102 Å². The van der Waals surface area contributed by atoms with Crippen LogP contribution in [0.2, 0.25) is 10.0 Å². The summed E-state index contributed by atoms with van der Waals surface area (Å²) in [7, 11) is 0. The molecule has 0 bridgehead atoms. The van der Waals surface area contributed by atoms with Gasteiger partial charge in [0.2, 0.25) is 11.8 Å². The number of nitrogens with zero attached hydrogens (tertiary/aromatic N) is 3. The highest BCUT2D eigenvalue weighted by molar-refractivity contribution is 6.32. The molecule has 0 radical (unpaired) electrons. The Morgan fingerprint density at radius 1 is 1.13 bits per heavy atom. The van der Waals surface area contributed by atoms with E-state index in [1.54, 1.807) is 0 Å². The molecule has 8 nitrogen and oxygen atoms in total. The SMILES string of the molecule is Cc1cc(OC[C@H]2CNCCO2)ccc1-c1nnc(Cc2ccc(Cl)c(Oc3cc(Cl)cc(C#N)c3)c2F)o1. The number of halogens is 3. The smallest absolute Gasteiger partial charge is 0.248 e. The molecule has 0 unspecified atom stereocenters. The van der Waals surface area contributed by atoms with Gasteiger partial charge in [-0.15, -0.1) is 10.2 Å². The molecular weight excluding hydrogens is 546 g/mol. The van der Waals surface area contributed by atoms with E-state index >= 15 is 4.39 Å². The van der Waals surface area contributed by atoms with E-state index in [0.717, 1.165) is 24.2 Å². The first-order valence-electron chi connectivity index (χ1n) is 12.1. The van der Waals surface area contributed by atoms with Crippen LogP contribution in [0.3, 0.4) is 0 Å². The number of nitrogens with one attached hydrogen (secondary N) is 1. The molecule has 5 rings (SSSR count). The standard InChI is InChI=1S/C28H23Cl2FN4O4/c1-16-8-20(37-15-22-14-33-6-7-36-22)3-4-23(16)28-35-34-25(39-28)11-18-2-5-24(30)27(26(18)31)38-21-10-17(13-32)9-19(29)12-21/h2-5,8-10,12,22,33H,6-7,11,14-15H2,1H3/t22-/m1/s1. The Kier molecular flexibility index (Phi) is 8.29. The molecule has 0 saturated carbocycles. The van der Waals surface area contributed by atoms with E-state index in [2.05, 4.69) is 15.5 Å². The number of aryl methyl sites for hydroxylation is 1. The van der Waals surface area contributed by atoms with E-state index < -0.39 is 5.82 Å². The maximum Gasteiger partial charge on any atom is 0.248 e. The molecule has 1 atom stereocenters. The van der Waals surface area contributed by atoms with Gasteiger partial charge >= 0.3 is 0 Å². The van der Waals surface area contributed by atoms with Crippen molar-refractivity contribution in [2.75, 3.05) is 26.3 Å². The molecule has 200 valence electrons. The van der Waals surface area contributed by atoms with Crippen LogP contribution in [0.25, 0.3) is 11.5 Å². The van der Waals surface area contributed by atoms with Gasteiger partial charge in [0.25, 0.3) is 0 Å². The molecule has 3 aromatic carbocycles. The van der Waals surface area contributed by atoms with Crippen LogP contribution in [0.15, 0.2) is 52.9 Å². The lowest BCUT2D eigenvalue weighted by atomic mass is 10.1. The zero-order valence-corrected chi connectivity index (χ0v) is 22.4. The summed E-state index contributed by atoms with van der Waals surface area (Å²) >= 11 is 12.2. The van der Waals surface area contributed by atoms with Crippen molar-refractivity contribution in [2.24, 2.45) is 0 Å². The summed E-state index contributed by atoms with van der Waals surface area (Å²) in [5.74, 6) is 0.540. The molecule has 0 spiro atoms. The minimum Gasteiger partial charge on any atom is -0.491 e. The molecule has 39 heavy (non-hydrogen) atoms. The van der Waals surface area contributed by atoms with Gasteiger partial charge in [-0.2, -0.15) is 5.26 Å². The number of ether oxygens (including phenoxy) is 3. The van der Waals surface area contributed by atoms with E-state index in [4.69, 9.17) is 47.1 Å². The quantitative estimate of drug-likeness (QED) is 0.271. The second kappa shape index (κ2) is 12.0. The van der Waals surface area contributed by atoms with Crippen molar-refractivity contribution in [3.63, 3.8) is 0 Å². The van der Waals surface area contributed by atoms with Gasteiger partial charge in [-0.3, -0.25) is 0 Å². The third kappa shape index (κ3) is 6.49. The Morgan fingerprint density at radius 3 is 2.77 bits per heavy atom.